The van der Waals surface area contributed by atoms with Crippen molar-refractivity contribution in [3.05, 3.63) is 22.3 Å². The number of pyridine rings is 1. The minimum atomic E-state index is -0.698. The van der Waals surface area contributed by atoms with E-state index >= 15 is 0 Å². The van der Waals surface area contributed by atoms with Gasteiger partial charge >= 0.3 is 0 Å². The molecule has 5 heteroatoms. The van der Waals surface area contributed by atoms with Gasteiger partial charge in [-0.3, -0.25) is 4.79 Å². The van der Waals surface area contributed by atoms with Crippen LogP contribution in [-0.2, 0) is 4.79 Å². The molecule has 0 aromatic carbocycles. The van der Waals surface area contributed by atoms with E-state index in [0.29, 0.717) is 5.82 Å². The Kier molecular flexibility index (Phi) is 4.47. The molecule has 0 aliphatic heterocycles. The van der Waals surface area contributed by atoms with Gasteiger partial charge in [0.15, 0.2) is 0 Å². The first kappa shape index (κ1) is 12.7. The van der Waals surface area contributed by atoms with Crippen molar-refractivity contribution >= 4 is 27.7 Å². The lowest BCUT2D eigenvalue weighted by Crippen LogP contribution is -2.35. The molecule has 0 spiro atoms. The molecule has 4 nitrogen and oxygen atoms in total. The predicted octanol–water partition coefficient (Wildman–Crippen LogP) is 1.44. The van der Waals surface area contributed by atoms with Crippen LogP contribution in [0.4, 0.5) is 5.82 Å². The molecule has 84 valence electrons. The third kappa shape index (κ3) is 3.33. The maximum absolute atomic E-state index is 11.5. The highest BCUT2D eigenvalue weighted by atomic mass is 79.9. The maximum Gasteiger partial charge on any atom is 0.243 e. The Bertz CT molecular complexity index is 439. The number of nitrogens with one attached hydrogen (secondary N) is 1. The molecule has 1 aromatic heterocycles. The largest absolute Gasteiger partial charge is 0.319 e. The Hall–Kier alpha value is -1.38. The first-order chi connectivity index (χ1) is 7.54. The Balaban J connectivity index is 2.70. The molecule has 1 aromatic rings. The number of aryl methyl sites for hydroxylation is 1. The lowest BCUT2D eigenvalue weighted by Gasteiger charge is -2.09. The number of anilines is 1. The zero-order chi connectivity index (χ0) is 12.1. The molecule has 0 saturated heterocycles. The van der Waals surface area contributed by atoms with Crippen molar-refractivity contribution in [3.63, 3.8) is 0 Å². The summed E-state index contributed by atoms with van der Waals surface area (Å²) in [5.74, 6) is 2.48. The molecular formula is C11H12BrN3O. The molecule has 0 fully saturated rings. The van der Waals surface area contributed by atoms with Crippen LogP contribution in [-0.4, -0.2) is 16.9 Å². The van der Waals surface area contributed by atoms with E-state index in [1.165, 1.54) is 0 Å². The maximum atomic E-state index is 11.5. The molecule has 1 amide bonds. The molecule has 0 radical (unpaired) electrons. The lowest BCUT2D eigenvalue weighted by molar-refractivity contribution is -0.117. The molecule has 3 N–H and O–H groups in total. The summed E-state index contributed by atoms with van der Waals surface area (Å²) < 4.78 is 0.887. The topological polar surface area (TPSA) is 68.0 Å². The number of halogens is 1. The smallest absolute Gasteiger partial charge is 0.243 e. The van der Waals surface area contributed by atoms with Gasteiger partial charge in [0.25, 0.3) is 0 Å². The van der Waals surface area contributed by atoms with Gasteiger partial charge in [0.05, 0.1) is 6.04 Å². The van der Waals surface area contributed by atoms with Gasteiger partial charge in [-0.2, -0.15) is 0 Å². The van der Waals surface area contributed by atoms with E-state index in [1.807, 2.05) is 6.92 Å². The summed E-state index contributed by atoms with van der Waals surface area (Å²) in [6.45, 7) is 1.91. The number of amides is 1. The highest BCUT2D eigenvalue weighted by Crippen LogP contribution is 2.17. The SMILES string of the molecule is C#CCC(N)C(=O)Nc1cc(C)c(Br)cn1. The van der Waals surface area contributed by atoms with Crippen LogP contribution in [0.15, 0.2) is 16.7 Å². The number of rotatable bonds is 3. The van der Waals surface area contributed by atoms with Gasteiger partial charge in [-0.05, 0) is 34.5 Å². The molecule has 16 heavy (non-hydrogen) atoms. The fourth-order valence-corrected chi connectivity index (χ4v) is 1.26. The normalized spacial score (nSPS) is 11.6. The summed E-state index contributed by atoms with van der Waals surface area (Å²) in [6, 6.07) is 1.06. The molecule has 1 unspecified atom stereocenters. The molecular weight excluding hydrogens is 270 g/mol. The molecule has 0 saturated carbocycles. The third-order valence-corrected chi connectivity index (χ3v) is 2.80. The summed E-state index contributed by atoms with van der Waals surface area (Å²) in [4.78, 5) is 15.6. The number of carbonyl (C=O) groups is 1. The van der Waals surface area contributed by atoms with E-state index in [9.17, 15) is 4.79 Å². The summed E-state index contributed by atoms with van der Waals surface area (Å²) in [7, 11) is 0. The quantitative estimate of drug-likeness (QED) is 0.824. The van der Waals surface area contributed by atoms with E-state index in [-0.39, 0.29) is 12.3 Å². The number of nitrogens with two attached hydrogens (primary N) is 1. The van der Waals surface area contributed by atoms with Gasteiger partial charge in [0.1, 0.15) is 5.82 Å². The second kappa shape index (κ2) is 5.64. The highest BCUT2D eigenvalue weighted by Gasteiger charge is 2.12. The number of aromatic nitrogens is 1. The van der Waals surface area contributed by atoms with E-state index in [2.05, 4.69) is 32.2 Å². The van der Waals surface area contributed by atoms with Crippen molar-refractivity contribution in [2.75, 3.05) is 5.32 Å². The van der Waals surface area contributed by atoms with Crippen LogP contribution in [0.3, 0.4) is 0 Å². The molecule has 1 rings (SSSR count). The van der Waals surface area contributed by atoms with E-state index in [4.69, 9.17) is 12.2 Å². The molecule has 0 bridgehead atoms. The van der Waals surface area contributed by atoms with Gasteiger partial charge in [-0.25, -0.2) is 4.98 Å². The van der Waals surface area contributed by atoms with Crippen LogP contribution in [0.5, 0.6) is 0 Å². The minimum absolute atomic E-state index is 0.210. The third-order valence-electron chi connectivity index (χ3n) is 1.97. The monoisotopic (exact) mass is 281 g/mol. The van der Waals surface area contributed by atoms with Gasteiger partial charge in [-0.15, -0.1) is 12.3 Å². The zero-order valence-electron chi connectivity index (χ0n) is 8.83. The van der Waals surface area contributed by atoms with Gasteiger partial charge in [0, 0.05) is 17.1 Å². The first-order valence-corrected chi connectivity index (χ1v) is 5.46. The predicted molar refractivity (Wildman–Crippen MR) is 66.7 cm³/mol. The zero-order valence-corrected chi connectivity index (χ0v) is 10.4. The number of hydrogen-bond donors (Lipinski definition) is 2. The Labute approximate surface area is 103 Å². The fourth-order valence-electron chi connectivity index (χ4n) is 1.05. The van der Waals surface area contributed by atoms with Gasteiger partial charge in [-0.1, -0.05) is 0 Å². The van der Waals surface area contributed by atoms with E-state index in [1.54, 1.807) is 12.3 Å². The number of hydrogen-bond acceptors (Lipinski definition) is 3. The summed E-state index contributed by atoms with van der Waals surface area (Å²) in [5, 5.41) is 2.60. The number of carbonyl (C=O) groups excluding carboxylic acids is 1. The molecule has 0 aliphatic carbocycles. The summed E-state index contributed by atoms with van der Waals surface area (Å²) in [5.41, 5.74) is 6.53. The number of nitrogens with zero attached hydrogens (tertiary/aromatic N) is 1. The first-order valence-electron chi connectivity index (χ1n) is 4.66. The Morgan fingerprint density at radius 2 is 2.50 bits per heavy atom. The highest BCUT2D eigenvalue weighted by molar-refractivity contribution is 9.10. The van der Waals surface area contributed by atoms with Crippen LogP contribution >= 0.6 is 15.9 Å². The van der Waals surface area contributed by atoms with Crippen LogP contribution in [0.25, 0.3) is 0 Å². The van der Waals surface area contributed by atoms with Gasteiger partial charge in [0.2, 0.25) is 5.91 Å². The van der Waals surface area contributed by atoms with Crippen molar-refractivity contribution in [2.45, 2.75) is 19.4 Å². The van der Waals surface area contributed by atoms with Crippen LogP contribution in [0.1, 0.15) is 12.0 Å². The number of terminal acetylenes is 1. The van der Waals surface area contributed by atoms with Crippen molar-refractivity contribution in [1.29, 1.82) is 0 Å². The van der Waals surface area contributed by atoms with Crippen LogP contribution in [0, 0.1) is 19.3 Å². The average Bonchev–Trinajstić information content (AvgIpc) is 2.24. The van der Waals surface area contributed by atoms with Gasteiger partial charge < -0.3 is 11.1 Å². The van der Waals surface area contributed by atoms with Crippen molar-refractivity contribution < 1.29 is 4.79 Å². The second-order valence-corrected chi connectivity index (χ2v) is 4.18. The molecule has 1 atom stereocenters. The minimum Gasteiger partial charge on any atom is -0.319 e. The van der Waals surface area contributed by atoms with E-state index < -0.39 is 6.04 Å². The molecule has 0 aliphatic rings. The van der Waals surface area contributed by atoms with Crippen LogP contribution in [0.2, 0.25) is 0 Å². The van der Waals surface area contributed by atoms with Crippen molar-refractivity contribution in [2.24, 2.45) is 5.73 Å². The Morgan fingerprint density at radius 3 is 3.06 bits per heavy atom. The summed E-state index contributed by atoms with van der Waals surface area (Å²) in [6.07, 6.45) is 6.91. The lowest BCUT2D eigenvalue weighted by atomic mass is 10.2. The second-order valence-electron chi connectivity index (χ2n) is 3.32. The Morgan fingerprint density at radius 1 is 1.81 bits per heavy atom. The van der Waals surface area contributed by atoms with Crippen LogP contribution < -0.4 is 11.1 Å². The standard InChI is InChI=1S/C11H12BrN3O/c1-3-4-9(13)11(16)15-10-5-7(2)8(12)6-14-10/h1,5-6,9H,4,13H2,2H3,(H,14,15,16). The molecule has 1 heterocycles. The average molecular weight is 282 g/mol. The fraction of sp³-hybridized carbons (Fsp3) is 0.273. The van der Waals surface area contributed by atoms with Crippen molar-refractivity contribution in [1.82, 2.24) is 4.98 Å². The van der Waals surface area contributed by atoms with E-state index in [0.717, 1.165) is 10.0 Å². The summed E-state index contributed by atoms with van der Waals surface area (Å²) >= 11 is 3.32. The van der Waals surface area contributed by atoms with Crippen molar-refractivity contribution in [3.8, 4) is 12.3 Å².